The van der Waals surface area contributed by atoms with Crippen LogP contribution in [0.25, 0.3) is 11.2 Å². The molecule has 1 aliphatic carbocycles. The Balaban J connectivity index is 1.54. The monoisotopic (exact) mass is 435 g/mol. The summed E-state index contributed by atoms with van der Waals surface area (Å²) in [7, 11) is 0. The second-order valence-electron chi connectivity index (χ2n) is 9.42. The smallest absolute Gasteiger partial charge is 0.255 e. The lowest BCUT2D eigenvalue weighted by atomic mass is 9.88. The summed E-state index contributed by atoms with van der Waals surface area (Å²) in [6, 6.07) is 5.84. The third kappa shape index (κ3) is 4.44. The van der Waals surface area contributed by atoms with Crippen LogP contribution in [-0.2, 0) is 11.2 Å². The van der Waals surface area contributed by atoms with Gasteiger partial charge < -0.3 is 20.4 Å². The number of hydrogen-bond acceptors (Lipinski definition) is 5. The van der Waals surface area contributed by atoms with Crippen LogP contribution in [0.4, 0.5) is 0 Å². The first-order chi connectivity index (χ1) is 15.1. The van der Waals surface area contributed by atoms with Crippen LogP contribution >= 0.6 is 0 Å². The Morgan fingerprint density at radius 2 is 2.06 bits per heavy atom. The maximum absolute atomic E-state index is 12.8. The van der Waals surface area contributed by atoms with E-state index in [2.05, 4.69) is 46.4 Å². The Kier molecular flexibility index (Phi) is 5.62. The number of amides is 2. The summed E-state index contributed by atoms with van der Waals surface area (Å²) >= 11 is 0. The Labute approximate surface area is 187 Å². The number of hydrogen-bond donors (Lipinski definition) is 3. The fourth-order valence-corrected chi connectivity index (χ4v) is 3.76. The first-order valence-corrected chi connectivity index (χ1v) is 10.8. The molecule has 0 radical (unpaired) electrons. The standard InChI is InChI=1S/C24H29N5O3/c1-13(24(3,4)5)27-23(31)18-11-25-22-21(18)29-20(12-26-22)32-16-7-8-17-15(10-16)6-9-19(17)28-14(2)30/h7-8,10-13,19H,6,9H2,1-5H3,(H,25,26)(H,27,31)(H,28,30). The van der Waals surface area contributed by atoms with Gasteiger partial charge in [-0.1, -0.05) is 26.8 Å². The number of aromatic nitrogens is 3. The molecule has 0 saturated heterocycles. The highest BCUT2D eigenvalue weighted by atomic mass is 16.5. The van der Waals surface area contributed by atoms with Gasteiger partial charge >= 0.3 is 0 Å². The number of rotatable bonds is 5. The predicted octanol–water partition coefficient (Wildman–Crippen LogP) is 4.04. The van der Waals surface area contributed by atoms with Gasteiger partial charge in [-0.3, -0.25) is 9.59 Å². The molecule has 0 bridgehead atoms. The molecule has 8 heteroatoms. The molecule has 4 rings (SSSR count). The SMILES string of the molecule is CC(=O)NC1CCc2cc(Oc3cnc4[nH]cc(C(=O)NC(C)C(C)(C)C)c4n3)ccc21. The summed E-state index contributed by atoms with van der Waals surface area (Å²) in [5, 5.41) is 6.01. The lowest BCUT2D eigenvalue weighted by Gasteiger charge is -2.27. The van der Waals surface area contributed by atoms with Crippen molar-refractivity contribution < 1.29 is 14.3 Å². The average molecular weight is 436 g/mol. The van der Waals surface area contributed by atoms with Gasteiger partial charge in [-0.15, -0.1) is 0 Å². The molecular weight excluding hydrogens is 406 g/mol. The van der Waals surface area contributed by atoms with Gasteiger partial charge in [0.1, 0.15) is 11.3 Å². The quantitative estimate of drug-likeness (QED) is 0.560. The van der Waals surface area contributed by atoms with Gasteiger partial charge in [0.15, 0.2) is 5.65 Å². The van der Waals surface area contributed by atoms with Crippen LogP contribution < -0.4 is 15.4 Å². The van der Waals surface area contributed by atoms with E-state index in [1.165, 1.54) is 13.1 Å². The van der Waals surface area contributed by atoms with Crippen LogP contribution in [0.3, 0.4) is 0 Å². The van der Waals surface area contributed by atoms with E-state index in [0.29, 0.717) is 28.4 Å². The van der Waals surface area contributed by atoms with Crippen LogP contribution in [0.15, 0.2) is 30.6 Å². The van der Waals surface area contributed by atoms with Gasteiger partial charge in [-0.05, 0) is 48.4 Å². The summed E-state index contributed by atoms with van der Waals surface area (Å²) < 4.78 is 5.96. The zero-order valence-electron chi connectivity index (χ0n) is 19.1. The van der Waals surface area contributed by atoms with Crippen molar-refractivity contribution in [2.45, 2.75) is 59.5 Å². The van der Waals surface area contributed by atoms with E-state index < -0.39 is 0 Å². The van der Waals surface area contributed by atoms with Crippen molar-refractivity contribution >= 4 is 23.0 Å². The van der Waals surface area contributed by atoms with Crippen LogP contribution in [-0.4, -0.2) is 32.8 Å². The number of H-pyrrole nitrogens is 1. The van der Waals surface area contributed by atoms with Gasteiger partial charge in [-0.25, -0.2) is 9.97 Å². The lowest BCUT2D eigenvalue weighted by Crippen LogP contribution is -2.41. The average Bonchev–Trinajstić information content (AvgIpc) is 3.30. The number of carbonyl (C=O) groups is 2. The highest BCUT2D eigenvalue weighted by Gasteiger charge is 2.25. The van der Waals surface area contributed by atoms with Gasteiger partial charge in [0.25, 0.3) is 5.91 Å². The summed E-state index contributed by atoms with van der Waals surface area (Å²) in [5.41, 5.74) is 3.63. The number of nitrogens with zero attached hydrogens (tertiary/aromatic N) is 2. The molecule has 3 N–H and O–H groups in total. The minimum absolute atomic E-state index is 0.0138. The summed E-state index contributed by atoms with van der Waals surface area (Å²) in [4.78, 5) is 36.1. The molecule has 1 aliphatic rings. The molecule has 32 heavy (non-hydrogen) atoms. The highest BCUT2D eigenvalue weighted by molar-refractivity contribution is 6.04. The largest absolute Gasteiger partial charge is 0.437 e. The minimum atomic E-state index is -0.202. The molecule has 8 nitrogen and oxygen atoms in total. The van der Waals surface area contributed by atoms with E-state index in [1.807, 2.05) is 25.1 Å². The van der Waals surface area contributed by atoms with Crippen molar-refractivity contribution in [3.05, 3.63) is 47.3 Å². The van der Waals surface area contributed by atoms with Crippen molar-refractivity contribution in [1.82, 2.24) is 25.6 Å². The maximum atomic E-state index is 12.8. The summed E-state index contributed by atoms with van der Waals surface area (Å²) in [6.45, 7) is 9.75. The number of carbonyl (C=O) groups excluding carboxylic acids is 2. The topological polar surface area (TPSA) is 109 Å². The molecule has 1 aromatic carbocycles. The molecule has 2 heterocycles. The third-order valence-corrected chi connectivity index (χ3v) is 6.04. The Morgan fingerprint density at radius 3 is 2.78 bits per heavy atom. The molecule has 2 unspecified atom stereocenters. The Bertz CT molecular complexity index is 1180. The first-order valence-electron chi connectivity index (χ1n) is 10.8. The van der Waals surface area contributed by atoms with E-state index in [4.69, 9.17) is 4.74 Å². The fraction of sp³-hybridized carbons (Fsp3) is 0.417. The fourth-order valence-electron chi connectivity index (χ4n) is 3.76. The van der Waals surface area contributed by atoms with Crippen LogP contribution in [0, 0.1) is 5.41 Å². The number of fused-ring (bicyclic) bond motifs is 2. The normalized spacial score (nSPS) is 16.5. The predicted molar refractivity (Wildman–Crippen MR) is 122 cm³/mol. The second-order valence-corrected chi connectivity index (χ2v) is 9.42. The van der Waals surface area contributed by atoms with Gasteiger partial charge in [-0.2, -0.15) is 0 Å². The van der Waals surface area contributed by atoms with Crippen molar-refractivity contribution in [3.8, 4) is 11.6 Å². The van der Waals surface area contributed by atoms with Crippen molar-refractivity contribution in [2.75, 3.05) is 0 Å². The molecule has 0 saturated carbocycles. The van der Waals surface area contributed by atoms with Crippen LogP contribution in [0.5, 0.6) is 11.6 Å². The first kappa shape index (κ1) is 21.8. The molecule has 2 aromatic heterocycles. The highest BCUT2D eigenvalue weighted by Crippen LogP contribution is 2.34. The minimum Gasteiger partial charge on any atom is -0.437 e. The molecule has 0 aliphatic heterocycles. The molecule has 2 atom stereocenters. The zero-order valence-corrected chi connectivity index (χ0v) is 19.1. The zero-order chi connectivity index (χ0) is 23.0. The molecule has 3 aromatic rings. The van der Waals surface area contributed by atoms with Crippen LogP contribution in [0.2, 0.25) is 0 Å². The van der Waals surface area contributed by atoms with Crippen molar-refractivity contribution in [2.24, 2.45) is 5.41 Å². The number of benzene rings is 1. The summed E-state index contributed by atoms with van der Waals surface area (Å²) in [6.07, 6.45) is 4.90. The molecule has 0 fully saturated rings. The van der Waals surface area contributed by atoms with Crippen LogP contribution in [0.1, 0.15) is 68.6 Å². The van der Waals surface area contributed by atoms with E-state index in [1.54, 1.807) is 6.20 Å². The molecule has 168 valence electrons. The van der Waals surface area contributed by atoms with Crippen molar-refractivity contribution in [3.63, 3.8) is 0 Å². The Morgan fingerprint density at radius 1 is 1.28 bits per heavy atom. The Hall–Kier alpha value is -3.42. The number of ether oxygens (including phenoxy) is 1. The summed E-state index contributed by atoms with van der Waals surface area (Å²) in [5.74, 6) is 0.719. The van der Waals surface area contributed by atoms with E-state index in [9.17, 15) is 9.59 Å². The molecule has 2 amide bonds. The second kappa shape index (κ2) is 8.26. The van der Waals surface area contributed by atoms with Gasteiger partial charge in [0, 0.05) is 19.2 Å². The maximum Gasteiger partial charge on any atom is 0.255 e. The van der Waals surface area contributed by atoms with Gasteiger partial charge in [0.2, 0.25) is 11.8 Å². The number of aromatic amines is 1. The van der Waals surface area contributed by atoms with E-state index >= 15 is 0 Å². The third-order valence-electron chi connectivity index (χ3n) is 6.04. The van der Waals surface area contributed by atoms with E-state index in [0.717, 1.165) is 24.0 Å². The molecule has 0 spiro atoms. The lowest BCUT2D eigenvalue weighted by molar-refractivity contribution is -0.119. The number of nitrogens with one attached hydrogen (secondary N) is 3. The molecular formula is C24H29N5O3. The van der Waals surface area contributed by atoms with Gasteiger partial charge in [0.05, 0.1) is 17.8 Å². The van der Waals surface area contributed by atoms with Crippen molar-refractivity contribution in [1.29, 1.82) is 0 Å². The number of aryl methyl sites for hydroxylation is 1. The van der Waals surface area contributed by atoms with E-state index in [-0.39, 0.29) is 29.3 Å².